The molecule has 0 amide bonds. The molecule has 1 fully saturated rings. The van der Waals surface area contributed by atoms with Crippen molar-refractivity contribution >= 4 is 10.0 Å². The molecule has 2 aliphatic rings. The van der Waals surface area contributed by atoms with Crippen molar-refractivity contribution in [2.75, 3.05) is 25.4 Å². The van der Waals surface area contributed by atoms with Crippen molar-refractivity contribution in [2.45, 2.75) is 31.7 Å². The minimum atomic E-state index is -3.04. The molecule has 0 saturated carbocycles. The predicted octanol–water partition coefficient (Wildman–Crippen LogP) is 1.47. The van der Waals surface area contributed by atoms with Crippen LogP contribution < -0.4 is 5.32 Å². The summed E-state index contributed by atoms with van der Waals surface area (Å²) in [5, 5.41) is 3.50. The summed E-state index contributed by atoms with van der Waals surface area (Å²) >= 11 is 0. The van der Waals surface area contributed by atoms with Gasteiger partial charge in [-0.15, -0.1) is 0 Å². The molecule has 2 aliphatic heterocycles. The van der Waals surface area contributed by atoms with Gasteiger partial charge < -0.3 is 5.32 Å². The van der Waals surface area contributed by atoms with Crippen LogP contribution in [0.3, 0.4) is 0 Å². The number of sulfonamides is 1. The van der Waals surface area contributed by atoms with Gasteiger partial charge in [-0.25, -0.2) is 12.7 Å². The van der Waals surface area contributed by atoms with Crippen molar-refractivity contribution in [3.8, 4) is 0 Å². The maximum absolute atomic E-state index is 12.0. The normalized spacial score (nSPS) is 22.6. The molecule has 3 rings (SSSR count). The Hall–Kier alpha value is -0.910. The molecule has 1 aromatic carbocycles. The number of nitrogens with zero attached hydrogens (tertiary/aromatic N) is 1. The lowest BCUT2D eigenvalue weighted by Crippen LogP contribution is -2.52. The monoisotopic (exact) mass is 294 g/mol. The van der Waals surface area contributed by atoms with Gasteiger partial charge in [0.05, 0.1) is 5.75 Å². The van der Waals surface area contributed by atoms with Crippen LogP contribution in [0.15, 0.2) is 24.3 Å². The highest BCUT2D eigenvalue weighted by Crippen LogP contribution is 2.39. The van der Waals surface area contributed by atoms with E-state index in [0.717, 1.165) is 25.9 Å². The van der Waals surface area contributed by atoms with E-state index in [2.05, 4.69) is 29.6 Å². The first-order chi connectivity index (χ1) is 9.57. The molecule has 1 N–H and O–H groups in total. The largest absolute Gasteiger partial charge is 0.312 e. The standard InChI is InChI=1S/C15H22N2O2S/c1-2-20(18,19)17-9-7-15(8-10-17)12-16-11-13-5-3-4-6-14(13)15/h3-6,16H,2,7-12H2,1H3. The summed E-state index contributed by atoms with van der Waals surface area (Å²) in [6, 6.07) is 8.58. The second-order valence-electron chi connectivity index (χ2n) is 5.84. The Morgan fingerprint density at radius 3 is 2.65 bits per heavy atom. The van der Waals surface area contributed by atoms with Crippen molar-refractivity contribution in [1.29, 1.82) is 0 Å². The van der Waals surface area contributed by atoms with Crippen LogP contribution >= 0.6 is 0 Å². The molecule has 5 heteroatoms. The van der Waals surface area contributed by atoms with E-state index in [-0.39, 0.29) is 11.2 Å². The van der Waals surface area contributed by atoms with E-state index in [1.54, 1.807) is 11.2 Å². The van der Waals surface area contributed by atoms with Crippen LogP contribution in [-0.2, 0) is 22.0 Å². The Bertz CT molecular complexity index is 590. The Morgan fingerprint density at radius 1 is 1.25 bits per heavy atom. The maximum atomic E-state index is 12.0. The van der Waals surface area contributed by atoms with Gasteiger partial charge >= 0.3 is 0 Å². The number of rotatable bonds is 2. The first kappa shape index (κ1) is 14.0. The SMILES string of the molecule is CCS(=O)(=O)N1CCC2(CC1)CNCc1ccccc12. The highest BCUT2D eigenvalue weighted by molar-refractivity contribution is 7.89. The van der Waals surface area contributed by atoms with Gasteiger partial charge in [0.2, 0.25) is 10.0 Å². The summed E-state index contributed by atoms with van der Waals surface area (Å²) in [4.78, 5) is 0. The second kappa shape index (κ2) is 5.13. The van der Waals surface area contributed by atoms with E-state index in [1.807, 2.05) is 0 Å². The summed E-state index contributed by atoms with van der Waals surface area (Å²) in [6.07, 6.45) is 1.83. The first-order valence-corrected chi connectivity index (χ1v) is 8.95. The molecule has 0 bridgehead atoms. The molecule has 0 unspecified atom stereocenters. The summed E-state index contributed by atoms with van der Waals surface area (Å²) in [7, 11) is -3.04. The van der Waals surface area contributed by atoms with E-state index < -0.39 is 10.0 Å². The van der Waals surface area contributed by atoms with Crippen molar-refractivity contribution in [3.63, 3.8) is 0 Å². The van der Waals surface area contributed by atoms with E-state index in [1.165, 1.54) is 11.1 Å². The van der Waals surface area contributed by atoms with Crippen molar-refractivity contribution in [1.82, 2.24) is 9.62 Å². The van der Waals surface area contributed by atoms with Crippen LogP contribution in [0.25, 0.3) is 0 Å². The fourth-order valence-electron chi connectivity index (χ4n) is 3.54. The summed E-state index contributed by atoms with van der Waals surface area (Å²) < 4.78 is 25.6. The highest BCUT2D eigenvalue weighted by Gasteiger charge is 2.41. The van der Waals surface area contributed by atoms with E-state index in [4.69, 9.17) is 0 Å². The summed E-state index contributed by atoms with van der Waals surface area (Å²) in [6.45, 7) is 4.90. The molecule has 0 aliphatic carbocycles. The molecular weight excluding hydrogens is 272 g/mol. The van der Waals surface area contributed by atoms with Crippen molar-refractivity contribution in [2.24, 2.45) is 0 Å². The average molecular weight is 294 g/mol. The van der Waals surface area contributed by atoms with Gasteiger partial charge in [0, 0.05) is 31.6 Å². The van der Waals surface area contributed by atoms with Gasteiger partial charge in [-0.2, -0.15) is 0 Å². The van der Waals surface area contributed by atoms with Gasteiger partial charge in [-0.3, -0.25) is 0 Å². The minimum absolute atomic E-state index is 0.120. The Balaban J connectivity index is 1.85. The molecule has 0 aromatic heterocycles. The third-order valence-corrected chi connectivity index (χ3v) is 6.69. The molecule has 2 heterocycles. The van der Waals surface area contributed by atoms with Gasteiger partial charge in [-0.05, 0) is 30.9 Å². The van der Waals surface area contributed by atoms with Crippen LogP contribution in [0, 0.1) is 0 Å². The molecule has 0 radical (unpaired) electrons. The Labute approximate surface area is 121 Å². The quantitative estimate of drug-likeness (QED) is 0.898. The molecule has 1 saturated heterocycles. The lowest BCUT2D eigenvalue weighted by Gasteiger charge is -2.45. The Morgan fingerprint density at radius 2 is 1.95 bits per heavy atom. The molecule has 1 aromatic rings. The van der Waals surface area contributed by atoms with E-state index in [0.29, 0.717) is 13.1 Å². The second-order valence-corrected chi connectivity index (χ2v) is 8.10. The van der Waals surface area contributed by atoms with Gasteiger partial charge in [-0.1, -0.05) is 24.3 Å². The zero-order valence-electron chi connectivity index (χ0n) is 11.9. The highest BCUT2D eigenvalue weighted by atomic mass is 32.2. The van der Waals surface area contributed by atoms with Crippen LogP contribution in [0.1, 0.15) is 30.9 Å². The lowest BCUT2D eigenvalue weighted by molar-refractivity contribution is 0.216. The van der Waals surface area contributed by atoms with Crippen molar-refractivity contribution in [3.05, 3.63) is 35.4 Å². The zero-order valence-corrected chi connectivity index (χ0v) is 12.7. The molecule has 0 atom stereocenters. The smallest absolute Gasteiger partial charge is 0.213 e. The molecule has 110 valence electrons. The first-order valence-electron chi connectivity index (χ1n) is 7.34. The molecule has 1 spiro atoms. The van der Waals surface area contributed by atoms with Crippen LogP contribution in [-0.4, -0.2) is 38.1 Å². The van der Waals surface area contributed by atoms with Crippen LogP contribution in [0.4, 0.5) is 0 Å². The van der Waals surface area contributed by atoms with E-state index >= 15 is 0 Å². The number of hydrogen-bond acceptors (Lipinski definition) is 3. The molecule has 20 heavy (non-hydrogen) atoms. The average Bonchev–Trinajstić information content (AvgIpc) is 2.48. The van der Waals surface area contributed by atoms with Gasteiger partial charge in [0.1, 0.15) is 0 Å². The third kappa shape index (κ3) is 2.28. The fraction of sp³-hybridized carbons (Fsp3) is 0.600. The maximum Gasteiger partial charge on any atom is 0.213 e. The van der Waals surface area contributed by atoms with Crippen LogP contribution in [0.2, 0.25) is 0 Å². The van der Waals surface area contributed by atoms with Crippen LogP contribution in [0.5, 0.6) is 0 Å². The zero-order chi connectivity index (χ0) is 14.2. The number of nitrogens with one attached hydrogen (secondary N) is 1. The minimum Gasteiger partial charge on any atom is -0.312 e. The lowest BCUT2D eigenvalue weighted by atomic mass is 9.70. The third-order valence-electron chi connectivity index (χ3n) is 4.81. The van der Waals surface area contributed by atoms with Gasteiger partial charge in [0.15, 0.2) is 0 Å². The number of benzene rings is 1. The summed E-state index contributed by atoms with van der Waals surface area (Å²) in [5.74, 6) is 0.203. The Kier molecular flexibility index (Phi) is 3.60. The number of piperidine rings is 1. The summed E-state index contributed by atoms with van der Waals surface area (Å²) in [5.41, 5.74) is 2.91. The number of hydrogen-bond donors (Lipinski definition) is 1. The van der Waals surface area contributed by atoms with Gasteiger partial charge in [0.25, 0.3) is 0 Å². The molecular formula is C15H22N2O2S. The van der Waals surface area contributed by atoms with E-state index in [9.17, 15) is 8.42 Å². The topological polar surface area (TPSA) is 49.4 Å². The number of fused-ring (bicyclic) bond motifs is 2. The van der Waals surface area contributed by atoms with Crippen molar-refractivity contribution < 1.29 is 8.42 Å². The predicted molar refractivity (Wildman–Crippen MR) is 80.1 cm³/mol. The molecule has 4 nitrogen and oxygen atoms in total. The fourth-order valence-corrected chi connectivity index (χ4v) is 4.65.